The van der Waals surface area contributed by atoms with Crippen molar-refractivity contribution >= 4 is 12.6 Å². The molecule has 0 aromatic carbocycles. The van der Waals surface area contributed by atoms with Crippen LogP contribution in [0.2, 0.25) is 0 Å². The zero-order valence-electron chi connectivity index (χ0n) is 6.48. The number of ether oxygens (including phenoxy) is 1. The molecule has 0 N–H and O–H groups in total. The summed E-state index contributed by atoms with van der Waals surface area (Å²) in [5.41, 5.74) is 0. The summed E-state index contributed by atoms with van der Waals surface area (Å²) in [6.07, 6.45) is 2.13. The van der Waals surface area contributed by atoms with Gasteiger partial charge >= 0.3 is 0 Å². The van der Waals surface area contributed by atoms with E-state index in [9.17, 15) is 0 Å². The predicted octanol–water partition coefficient (Wildman–Crippen LogP) is 2.12. The maximum Gasteiger partial charge on any atom is 0.0475 e. The maximum absolute atomic E-state index is 4.93. The van der Waals surface area contributed by atoms with E-state index in [-0.39, 0.29) is 4.75 Å². The number of methoxy groups -OCH3 is 1. The Morgan fingerprint density at radius 2 is 2.11 bits per heavy atom. The summed E-state index contributed by atoms with van der Waals surface area (Å²) in [6, 6.07) is 0. The summed E-state index contributed by atoms with van der Waals surface area (Å²) < 4.78 is 5.09. The molecule has 56 valence electrons. The average Bonchev–Trinajstić information content (AvgIpc) is 1.84. The number of rotatable bonds is 4. The van der Waals surface area contributed by atoms with Crippen molar-refractivity contribution in [2.45, 2.75) is 31.4 Å². The van der Waals surface area contributed by atoms with Gasteiger partial charge in [0.25, 0.3) is 0 Å². The van der Waals surface area contributed by atoms with Gasteiger partial charge in [0.1, 0.15) is 0 Å². The van der Waals surface area contributed by atoms with Crippen LogP contribution in [0.3, 0.4) is 0 Å². The third-order valence-electron chi connectivity index (χ3n) is 1.61. The van der Waals surface area contributed by atoms with Gasteiger partial charge in [-0.2, -0.15) is 12.6 Å². The summed E-state index contributed by atoms with van der Waals surface area (Å²) in [5, 5.41) is 0. The van der Waals surface area contributed by atoms with Gasteiger partial charge in [-0.1, -0.05) is 13.8 Å². The van der Waals surface area contributed by atoms with Crippen LogP contribution >= 0.6 is 12.6 Å². The van der Waals surface area contributed by atoms with Crippen LogP contribution in [0.15, 0.2) is 0 Å². The minimum absolute atomic E-state index is 0.163. The lowest BCUT2D eigenvalue weighted by atomic mass is 10.1. The van der Waals surface area contributed by atoms with Gasteiger partial charge in [0, 0.05) is 18.5 Å². The minimum Gasteiger partial charge on any atom is -0.385 e. The highest BCUT2D eigenvalue weighted by Gasteiger charge is 2.14. The van der Waals surface area contributed by atoms with E-state index in [1.165, 1.54) is 0 Å². The van der Waals surface area contributed by atoms with E-state index in [4.69, 9.17) is 4.74 Å². The lowest BCUT2D eigenvalue weighted by Crippen LogP contribution is -2.17. The van der Waals surface area contributed by atoms with Crippen molar-refractivity contribution in [3.05, 3.63) is 0 Å². The molecule has 1 nitrogen and oxygen atoms in total. The molecule has 0 saturated carbocycles. The normalized spacial score (nSPS) is 17.3. The van der Waals surface area contributed by atoms with E-state index < -0.39 is 0 Å². The number of thiol groups is 1. The van der Waals surface area contributed by atoms with Crippen LogP contribution < -0.4 is 0 Å². The fourth-order valence-electron chi connectivity index (χ4n) is 0.499. The van der Waals surface area contributed by atoms with Gasteiger partial charge in [-0.15, -0.1) is 0 Å². The molecule has 0 aliphatic carbocycles. The molecule has 0 radical (unpaired) electrons. The highest BCUT2D eigenvalue weighted by Crippen LogP contribution is 2.21. The molecule has 1 unspecified atom stereocenters. The first-order valence-electron chi connectivity index (χ1n) is 3.33. The van der Waals surface area contributed by atoms with Crippen LogP contribution in [-0.2, 0) is 4.74 Å². The molecule has 1 atom stereocenters. The molecular formula is C7H16OS. The summed E-state index contributed by atoms with van der Waals surface area (Å²) in [7, 11) is 1.72. The van der Waals surface area contributed by atoms with Crippen LogP contribution in [0.5, 0.6) is 0 Å². The van der Waals surface area contributed by atoms with Gasteiger partial charge in [0.15, 0.2) is 0 Å². The fraction of sp³-hybridized carbons (Fsp3) is 1.00. The van der Waals surface area contributed by atoms with E-state index in [0.29, 0.717) is 0 Å². The SMILES string of the molecule is CCC(C)(S)CCOC. The fourth-order valence-corrected chi connectivity index (χ4v) is 0.590. The molecule has 0 fully saturated rings. The molecule has 0 aliphatic rings. The van der Waals surface area contributed by atoms with Crippen molar-refractivity contribution in [3.8, 4) is 0 Å². The first-order valence-corrected chi connectivity index (χ1v) is 3.78. The van der Waals surface area contributed by atoms with E-state index in [2.05, 4.69) is 26.5 Å². The molecule has 0 rings (SSSR count). The summed E-state index contributed by atoms with van der Waals surface area (Å²) >= 11 is 4.44. The Labute approximate surface area is 63.2 Å². The molecule has 0 bridgehead atoms. The Kier molecular flexibility index (Phi) is 4.32. The smallest absolute Gasteiger partial charge is 0.0475 e. The van der Waals surface area contributed by atoms with Crippen LogP contribution in [0.25, 0.3) is 0 Å². The maximum atomic E-state index is 4.93. The van der Waals surface area contributed by atoms with E-state index >= 15 is 0 Å². The van der Waals surface area contributed by atoms with Crippen LogP contribution in [0.1, 0.15) is 26.7 Å². The second-order valence-corrected chi connectivity index (χ2v) is 3.67. The summed E-state index contributed by atoms with van der Waals surface area (Å²) in [6.45, 7) is 5.09. The summed E-state index contributed by atoms with van der Waals surface area (Å²) in [4.78, 5) is 0. The average molecular weight is 148 g/mol. The van der Waals surface area contributed by atoms with Gasteiger partial charge in [0.2, 0.25) is 0 Å². The van der Waals surface area contributed by atoms with Crippen molar-refractivity contribution in [2.24, 2.45) is 0 Å². The molecule has 0 spiro atoms. The van der Waals surface area contributed by atoms with Gasteiger partial charge in [-0.05, 0) is 12.8 Å². The molecule has 0 aromatic rings. The monoisotopic (exact) mass is 148 g/mol. The third-order valence-corrected chi connectivity index (χ3v) is 2.15. The highest BCUT2D eigenvalue weighted by atomic mass is 32.1. The van der Waals surface area contributed by atoms with Crippen molar-refractivity contribution in [2.75, 3.05) is 13.7 Å². The summed E-state index contributed by atoms with van der Waals surface area (Å²) in [5.74, 6) is 0. The van der Waals surface area contributed by atoms with E-state index in [1.807, 2.05) is 0 Å². The standard InChI is InChI=1S/C7H16OS/c1-4-7(2,9)5-6-8-3/h9H,4-6H2,1-3H3. The van der Waals surface area contributed by atoms with Crippen LogP contribution in [0, 0.1) is 0 Å². The Morgan fingerprint density at radius 3 is 2.44 bits per heavy atom. The third kappa shape index (κ3) is 4.79. The second kappa shape index (κ2) is 4.18. The topological polar surface area (TPSA) is 9.23 Å². The molecule has 9 heavy (non-hydrogen) atoms. The molecule has 0 heterocycles. The van der Waals surface area contributed by atoms with Crippen molar-refractivity contribution in [1.29, 1.82) is 0 Å². The first-order chi connectivity index (χ1) is 4.12. The Bertz CT molecular complexity index is 71.3. The molecular weight excluding hydrogens is 132 g/mol. The second-order valence-electron chi connectivity index (χ2n) is 2.59. The Hall–Kier alpha value is 0.310. The van der Waals surface area contributed by atoms with Crippen LogP contribution in [0.4, 0.5) is 0 Å². The quantitative estimate of drug-likeness (QED) is 0.601. The van der Waals surface area contributed by atoms with Crippen molar-refractivity contribution in [3.63, 3.8) is 0 Å². The molecule has 0 aromatic heterocycles. The zero-order valence-corrected chi connectivity index (χ0v) is 7.37. The van der Waals surface area contributed by atoms with Crippen molar-refractivity contribution < 1.29 is 4.74 Å². The van der Waals surface area contributed by atoms with Gasteiger partial charge in [-0.25, -0.2) is 0 Å². The number of hydrogen-bond acceptors (Lipinski definition) is 2. The molecule has 0 aliphatic heterocycles. The lowest BCUT2D eigenvalue weighted by Gasteiger charge is -2.20. The Morgan fingerprint density at radius 1 is 1.56 bits per heavy atom. The van der Waals surface area contributed by atoms with E-state index in [1.54, 1.807) is 7.11 Å². The van der Waals surface area contributed by atoms with Gasteiger partial charge in [-0.3, -0.25) is 0 Å². The molecule has 2 heteroatoms. The lowest BCUT2D eigenvalue weighted by molar-refractivity contribution is 0.185. The van der Waals surface area contributed by atoms with E-state index in [0.717, 1.165) is 19.4 Å². The number of hydrogen-bond donors (Lipinski definition) is 1. The Balaban J connectivity index is 3.33. The minimum atomic E-state index is 0.163. The molecule has 0 amide bonds. The predicted molar refractivity (Wildman–Crippen MR) is 44.2 cm³/mol. The first kappa shape index (κ1) is 9.31. The zero-order chi connectivity index (χ0) is 7.33. The molecule has 0 saturated heterocycles. The van der Waals surface area contributed by atoms with Crippen LogP contribution in [-0.4, -0.2) is 18.5 Å². The van der Waals surface area contributed by atoms with Gasteiger partial charge in [0.05, 0.1) is 0 Å². The largest absolute Gasteiger partial charge is 0.385 e. The van der Waals surface area contributed by atoms with Crippen molar-refractivity contribution in [1.82, 2.24) is 0 Å². The van der Waals surface area contributed by atoms with Gasteiger partial charge < -0.3 is 4.74 Å². The highest BCUT2D eigenvalue weighted by molar-refractivity contribution is 7.81.